The normalized spacial score (nSPS) is 11.8. The van der Waals surface area contributed by atoms with E-state index in [1.165, 1.54) is 6.07 Å². The molecule has 1 aromatic rings. The molecule has 0 heterocycles. The van der Waals surface area contributed by atoms with Crippen LogP contribution in [-0.2, 0) is 4.74 Å². The monoisotopic (exact) mass is 358 g/mol. The Kier molecular flexibility index (Phi) is 7.18. The molecule has 0 aromatic heterocycles. The van der Waals surface area contributed by atoms with Crippen molar-refractivity contribution in [1.29, 1.82) is 0 Å². The molecular formula is C14H19BrN2O4. The molecule has 7 heteroatoms. The number of amides is 2. The quantitative estimate of drug-likeness (QED) is 0.698. The van der Waals surface area contributed by atoms with Gasteiger partial charge in [-0.1, -0.05) is 29.3 Å². The van der Waals surface area contributed by atoms with Crippen LogP contribution in [0.4, 0.5) is 10.5 Å². The summed E-state index contributed by atoms with van der Waals surface area (Å²) in [7, 11) is 1.57. The Labute approximate surface area is 132 Å². The molecular weight excluding hydrogens is 340 g/mol. The zero-order chi connectivity index (χ0) is 15.8. The first-order valence-electron chi connectivity index (χ1n) is 6.57. The van der Waals surface area contributed by atoms with Gasteiger partial charge in [0.2, 0.25) is 0 Å². The van der Waals surface area contributed by atoms with Crippen molar-refractivity contribution < 1.29 is 19.4 Å². The predicted octanol–water partition coefficient (Wildman–Crippen LogP) is 3.08. The third-order valence-electron chi connectivity index (χ3n) is 2.80. The average Bonchev–Trinajstić information content (AvgIpc) is 2.38. The third kappa shape index (κ3) is 5.73. The van der Waals surface area contributed by atoms with Crippen molar-refractivity contribution in [3.63, 3.8) is 0 Å². The summed E-state index contributed by atoms with van der Waals surface area (Å²) in [4.78, 5) is 23.1. The Morgan fingerprint density at radius 3 is 2.71 bits per heavy atom. The van der Waals surface area contributed by atoms with Crippen LogP contribution in [0.15, 0.2) is 22.7 Å². The second kappa shape index (κ2) is 8.63. The molecule has 0 saturated heterocycles. The van der Waals surface area contributed by atoms with Crippen LogP contribution < -0.4 is 10.6 Å². The van der Waals surface area contributed by atoms with Crippen molar-refractivity contribution in [2.24, 2.45) is 0 Å². The van der Waals surface area contributed by atoms with E-state index < -0.39 is 12.0 Å². The van der Waals surface area contributed by atoms with Crippen molar-refractivity contribution in [2.45, 2.75) is 25.8 Å². The fourth-order valence-corrected chi connectivity index (χ4v) is 2.26. The number of anilines is 1. The number of carbonyl (C=O) groups excluding carboxylic acids is 1. The van der Waals surface area contributed by atoms with Crippen molar-refractivity contribution >= 4 is 33.6 Å². The smallest absolute Gasteiger partial charge is 0.337 e. The summed E-state index contributed by atoms with van der Waals surface area (Å²) in [6.07, 6.45) is 1.69. The largest absolute Gasteiger partial charge is 0.478 e. The zero-order valence-corrected chi connectivity index (χ0v) is 13.6. The van der Waals surface area contributed by atoms with Gasteiger partial charge < -0.3 is 20.5 Å². The highest BCUT2D eigenvalue weighted by atomic mass is 79.9. The van der Waals surface area contributed by atoms with E-state index in [0.29, 0.717) is 11.1 Å². The Balaban J connectivity index is 2.78. The van der Waals surface area contributed by atoms with Gasteiger partial charge in [0.05, 0.1) is 23.9 Å². The summed E-state index contributed by atoms with van der Waals surface area (Å²) < 4.78 is 5.73. The summed E-state index contributed by atoms with van der Waals surface area (Å²) in [5.74, 6) is -1.10. The molecule has 1 aromatic carbocycles. The number of nitrogens with one attached hydrogen (secondary N) is 2. The summed E-state index contributed by atoms with van der Waals surface area (Å²) in [5, 5.41) is 14.4. The van der Waals surface area contributed by atoms with Gasteiger partial charge in [-0.3, -0.25) is 0 Å². The summed E-state index contributed by atoms with van der Waals surface area (Å²) in [6.45, 7) is 2.42. The van der Waals surface area contributed by atoms with E-state index in [1.54, 1.807) is 19.2 Å². The van der Waals surface area contributed by atoms with Gasteiger partial charge in [-0.05, 0) is 24.6 Å². The maximum Gasteiger partial charge on any atom is 0.337 e. The van der Waals surface area contributed by atoms with E-state index in [-0.39, 0.29) is 17.3 Å². The van der Waals surface area contributed by atoms with Crippen molar-refractivity contribution in [2.75, 3.05) is 19.0 Å². The number of benzene rings is 1. The number of carbonyl (C=O) groups is 2. The number of rotatable bonds is 7. The minimum absolute atomic E-state index is 0.0344. The highest BCUT2D eigenvalue weighted by Crippen LogP contribution is 2.21. The highest BCUT2D eigenvalue weighted by Gasteiger charge is 2.15. The van der Waals surface area contributed by atoms with Gasteiger partial charge in [-0.2, -0.15) is 0 Å². The molecule has 0 aliphatic heterocycles. The Hall–Kier alpha value is -1.60. The maximum atomic E-state index is 12.0. The first kappa shape index (κ1) is 17.5. The fourth-order valence-electron chi connectivity index (χ4n) is 1.90. The minimum Gasteiger partial charge on any atom is -0.478 e. The molecule has 1 unspecified atom stereocenters. The van der Waals surface area contributed by atoms with Crippen molar-refractivity contribution in [1.82, 2.24) is 5.32 Å². The Bertz CT molecular complexity index is 502. The van der Waals surface area contributed by atoms with Gasteiger partial charge in [0.15, 0.2) is 0 Å². The number of aromatic carboxylic acids is 1. The number of halogens is 1. The van der Waals surface area contributed by atoms with Crippen LogP contribution in [0.2, 0.25) is 0 Å². The lowest BCUT2D eigenvalue weighted by molar-refractivity contribution is 0.0698. The van der Waals surface area contributed by atoms with E-state index in [2.05, 4.69) is 26.6 Å². The lowest BCUT2D eigenvalue weighted by Crippen LogP contribution is -2.40. The van der Waals surface area contributed by atoms with Crippen LogP contribution in [0.1, 0.15) is 30.1 Å². The summed E-state index contributed by atoms with van der Waals surface area (Å²) in [5.41, 5.74) is 0.272. The van der Waals surface area contributed by atoms with Gasteiger partial charge in [0.25, 0.3) is 0 Å². The number of methoxy groups -OCH3 is 1. The fraction of sp³-hybridized carbons (Fsp3) is 0.429. The van der Waals surface area contributed by atoms with Crippen molar-refractivity contribution in [3.05, 3.63) is 28.2 Å². The summed E-state index contributed by atoms with van der Waals surface area (Å²) in [6, 6.07) is 4.03. The number of hydrogen-bond donors (Lipinski definition) is 3. The minimum atomic E-state index is -1.10. The topological polar surface area (TPSA) is 87.7 Å². The molecule has 0 aliphatic carbocycles. The molecule has 0 fully saturated rings. The SMILES string of the molecule is CCCC(COC)NC(=O)Nc1cc(Br)ccc1C(=O)O. The van der Waals surface area contributed by atoms with Crippen LogP contribution >= 0.6 is 15.9 Å². The van der Waals surface area contributed by atoms with Gasteiger partial charge in [0.1, 0.15) is 0 Å². The molecule has 0 bridgehead atoms. The highest BCUT2D eigenvalue weighted by molar-refractivity contribution is 9.10. The second-order valence-electron chi connectivity index (χ2n) is 4.53. The Morgan fingerprint density at radius 2 is 2.14 bits per heavy atom. The molecule has 0 aliphatic rings. The van der Waals surface area contributed by atoms with E-state index in [0.717, 1.165) is 12.8 Å². The maximum absolute atomic E-state index is 12.0. The molecule has 3 N–H and O–H groups in total. The molecule has 0 radical (unpaired) electrons. The van der Waals surface area contributed by atoms with Gasteiger partial charge >= 0.3 is 12.0 Å². The second-order valence-corrected chi connectivity index (χ2v) is 5.45. The first-order valence-corrected chi connectivity index (χ1v) is 7.36. The lowest BCUT2D eigenvalue weighted by atomic mass is 10.1. The van der Waals surface area contributed by atoms with Gasteiger partial charge in [0, 0.05) is 11.6 Å². The summed E-state index contributed by atoms with van der Waals surface area (Å²) >= 11 is 3.25. The van der Waals surface area contributed by atoms with E-state index >= 15 is 0 Å². The first-order chi connectivity index (χ1) is 9.97. The predicted molar refractivity (Wildman–Crippen MR) is 83.8 cm³/mol. The average molecular weight is 359 g/mol. The molecule has 116 valence electrons. The number of ether oxygens (including phenoxy) is 1. The van der Waals surface area contributed by atoms with Crippen molar-refractivity contribution in [3.8, 4) is 0 Å². The molecule has 21 heavy (non-hydrogen) atoms. The van der Waals surface area contributed by atoms with E-state index in [4.69, 9.17) is 9.84 Å². The molecule has 2 amide bonds. The van der Waals surface area contributed by atoms with Crippen LogP contribution in [0.25, 0.3) is 0 Å². The van der Waals surface area contributed by atoms with Crippen LogP contribution in [0.3, 0.4) is 0 Å². The number of urea groups is 1. The third-order valence-corrected chi connectivity index (χ3v) is 3.29. The molecule has 1 rings (SSSR count). The lowest BCUT2D eigenvalue weighted by Gasteiger charge is -2.18. The molecule has 0 spiro atoms. The number of carboxylic acid groups (broad SMARTS) is 1. The Morgan fingerprint density at radius 1 is 1.43 bits per heavy atom. The number of hydrogen-bond acceptors (Lipinski definition) is 3. The van der Waals surface area contributed by atoms with Crippen LogP contribution in [0.5, 0.6) is 0 Å². The van der Waals surface area contributed by atoms with E-state index in [1.807, 2.05) is 6.92 Å². The molecule has 6 nitrogen and oxygen atoms in total. The van der Waals surface area contributed by atoms with Gasteiger partial charge in [-0.25, -0.2) is 9.59 Å². The standard InChI is InChI=1S/C14H19BrN2O4/c1-3-4-10(8-21-2)16-14(20)17-12-7-9(15)5-6-11(12)13(18)19/h5-7,10H,3-4,8H2,1-2H3,(H,18,19)(H2,16,17,20). The number of carboxylic acids is 1. The van der Waals surface area contributed by atoms with E-state index in [9.17, 15) is 9.59 Å². The van der Waals surface area contributed by atoms with Crippen LogP contribution in [0, 0.1) is 0 Å². The zero-order valence-electron chi connectivity index (χ0n) is 12.0. The molecule has 0 saturated carbocycles. The molecule has 1 atom stereocenters. The van der Waals surface area contributed by atoms with Crippen LogP contribution in [-0.4, -0.2) is 36.9 Å². The van der Waals surface area contributed by atoms with Gasteiger partial charge in [-0.15, -0.1) is 0 Å².